The third-order valence-electron chi connectivity index (χ3n) is 2.73. The van der Waals surface area contributed by atoms with Crippen molar-refractivity contribution in [3.63, 3.8) is 0 Å². The van der Waals surface area contributed by atoms with Gasteiger partial charge in [0.2, 0.25) is 0 Å². The molecule has 0 spiro atoms. The van der Waals surface area contributed by atoms with Gasteiger partial charge in [0.25, 0.3) is 0 Å². The third kappa shape index (κ3) is 1.84. The van der Waals surface area contributed by atoms with E-state index >= 15 is 0 Å². The van der Waals surface area contributed by atoms with Crippen LogP contribution in [0.5, 0.6) is 0 Å². The molecule has 0 radical (unpaired) electrons. The number of thiazole rings is 1. The SMILES string of the molecule is Nc1nc(C2CC2c2csc(Br)c2)cs1. The first kappa shape index (κ1) is 9.81. The van der Waals surface area contributed by atoms with Crippen molar-refractivity contribution in [3.05, 3.63) is 31.9 Å². The first-order chi connectivity index (χ1) is 7.24. The van der Waals surface area contributed by atoms with E-state index in [0.717, 1.165) is 0 Å². The largest absolute Gasteiger partial charge is 0.375 e. The minimum Gasteiger partial charge on any atom is -0.375 e. The molecule has 1 aliphatic carbocycles. The third-order valence-corrected chi connectivity index (χ3v) is 4.94. The lowest BCUT2D eigenvalue weighted by molar-refractivity contribution is 0.989. The normalized spacial score (nSPS) is 24.3. The Bertz CT molecular complexity index is 447. The van der Waals surface area contributed by atoms with E-state index in [9.17, 15) is 0 Å². The fourth-order valence-corrected chi connectivity index (χ4v) is 3.75. The number of nitrogen functional groups attached to an aromatic ring is 1. The highest BCUT2D eigenvalue weighted by Crippen LogP contribution is 2.55. The molecule has 15 heavy (non-hydrogen) atoms. The van der Waals surface area contributed by atoms with Gasteiger partial charge in [-0.3, -0.25) is 0 Å². The Morgan fingerprint density at radius 2 is 2.20 bits per heavy atom. The van der Waals surface area contributed by atoms with Crippen molar-refractivity contribution in [1.82, 2.24) is 4.98 Å². The van der Waals surface area contributed by atoms with E-state index in [0.29, 0.717) is 17.0 Å². The van der Waals surface area contributed by atoms with Crippen LogP contribution in [0.2, 0.25) is 0 Å². The number of hydrogen-bond donors (Lipinski definition) is 1. The molecular weight excluding hydrogens is 292 g/mol. The van der Waals surface area contributed by atoms with Gasteiger partial charge < -0.3 is 5.73 Å². The maximum absolute atomic E-state index is 5.63. The number of aromatic nitrogens is 1. The van der Waals surface area contributed by atoms with Gasteiger partial charge in [-0.05, 0) is 45.3 Å². The lowest BCUT2D eigenvalue weighted by Crippen LogP contribution is -1.85. The van der Waals surface area contributed by atoms with E-state index < -0.39 is 0 Å². The summed E-state index contributed by atoms with van der Waals surface area (Å²) in [4.78, 5) is 4.34. The molecular formula is C10H9BrN2S2. The highest BCUT2D eigenvalue weighted by molar-refractivity contribution is 9.11. The van der Waals surface area contributed by atoms with Crippen molar-refractivity contribution in [1.29, 1.82) is 0 Å². The monoisotopic (exact) mass is 300 g/mol. The van der Waals surface area contributed by atoms with Gasteiger partial charge in [-0.15, -0.1) is 22.7 Å². The number of hydrogen-bond acceptors (Lipinski definition) is 4. The summed E-state index contributed by atoms with van der Waals surface area (Å²) in [5.41, 5.74) is 8.24. The molecule has 1 saturated carbocycles. The highest BCUT2D eigenvalue weighted by Gasteiger charge is 2.41. The average molecular weight is 301 g/mol. The van der Waals surface area contributed by atoms with Crippen LogP contribution in [0, 0.1) is 0 Å². The van der Waals surface area contributed by atoms with Gasteiger partial charge >= 0.3 is 0 Å². The van der Waals surface area contributed by atoms with E-state index in [1.54, 1.807) is 11.3 Å². The van der Waals surface area contributed by atoms with E-state index in [4.69, 9.17) is 5.73 Å². The minimum atomic E-state index is 0.597. The molecule has 0 aliphatic heterocycles. The first-order valence-electron chi connectivity index (χ1n) is 4.69. The van der Waals surface area contributed by atoms with E-state index in [2.05, 4.69) is 37.7 Å². The molecule has 1 aliphatic rings. The fourth-order valence-electron chi connectivity index (χ4n) is 1.88. The molecule has 2 unspecified atom stereocenters. The number of nitrogens with two attached hydrogens (primary N) is 1. The predicted octanol–water partition coefficient (Wildman–Crippen LogP) is 3.82. The number of halogens is 1. The Kier molecular flexibility index (Phi) is 2.34. The molecule has 78 valence electrons. The smallest absolute Gasteiger partial charge is 0.180 e. The second-order valence-corrected chi connectivity index (χ2v) is 6.92. The standard InChI is InChI=1S/C10H9BrN2S2/c11-9-1-5(3-14-9)6-2-7(6)8-4-15-10(12)13-8/h1,3-4,6-7H,2H2,(H2,12,13). The van der Waals surface area contributed by atoms with E-state index in [1.165, 1.54) is 32.8 Å². The summed E-state index contributed by atoms with van der Waals surface area (Å²) in [6.45, 7) is 0. The van der Waals surface area contributed by atoms with Crippen molar-refractivity contribution in [2.45, 2.75) is 18.3 Å². The molecule has 0 bridgehead atoms. The minimum absolute atomic E-state index is 0.597. The van der Waals surface area contributed by atoms with Crippen LogP contribution in [-0.4, -0.2) is 4.98 Å². The summed E-state index contributed by atoms with van der Waals surface area (Å²) in [6, 6.07) is 2.21. The number of rotatable bonds is 2. The average Bonchev–Trinajstić information content (AvgIpc) is 2.70. The lowest BCUT2D eigenvalue weighted by Gasteiger charge is -1.92. The van der Waals surface area contributed by atoms with Crippen LogP contribution in [-0.2, 0) is 0 Å². The summed E-state index contributed by atoms with van der Waals surface area (Å²) in [7, 11) is 0. The second kappa shape index (κ2) is 3.57. The number of thiophene rings is 1. The summed E-state index contributed by atoms with van der Waals surface area (Å²) in [6.07, 6.45) is 1.21. The van der Waals surface area contributed by atoms with Gasteiger partial charge in [0, 0.05) is 11.3 Å². The quantitative estimate of drug-likeness (QED) is 0.916. The van der Waals surface area contributed by atoms with Crippen LogP contribution < -0.4 is 5.73 Å². The first-order valence-corrected chi connectivity index (χ1v) is 7.24. The Morgan fingerprint density at radius 3 is 2.80 bits per heavy atom. The molecule has 2 atom stereocenters. The summed E-state index contributed by atoms with van der Waals surface area (Å²) in [5.74, 6) is 1.26. The molecule has 2 aromatic rings. The predicted molar refractivity (Wildman–Crippen MR) is 68.6 cm³/mol. The van der Waals surface area contributed by atoms with Crippen LogP contribution in [0.3, 0.4) is 0 Å². The maximum Gasteiger partial charge on any atom is 0.180 e. The summed E-state index contributed by atoms with van der Waals surface area (Å²) < 4.78 is 1.21. The molecule has 2 N–H and O–H groups in total. The lowest BCUT2D eigenvalue weighted by atomic mass is 10.1. The Hall–Kier alpha value is -0.390. The molecule has 5 heteroatoms. The second-order valence-electron chi connectivity index (χ2n) is 3.74. The summed E-state index contributed by atoms with van der Waals surface area (Å²) >= 11 is 6.78. The van der Waals surface area contributed by atoms with Gasteiger partial charge in [0.15, 0.2) is 5.13 Å². The molecule has 3 rings (SSSR count). The zero-order valence-corrected chi connectivity index (χ0v) is 11.0. The number of nitrogens with zero attached hydrogens (tertiary/aromatic N) is 1. The van der Waals surface area contributed by atoms with Gasteiger partial charge in [-0.1, -0.05) is 0 Å². The van der Waals surface area contributed by atoms with Crippen molar-refractivity contribution >= 4 is 43.7 Å². The zero-order valence-electron chi connectivity index (χ0n) is 7.81. The van der Waals surface area contributed by atoms with Crippen molar-refractivity contribution in [2.75, 3.05) is 5.73 Å². The van der Waals surface area contributed by atoms with Crippen LogP contribution in [0.15, 0.2) is 20.6 Å². The Morgan fingerprint density at radius 1 is 1.33 bits per heavy atom. The highest BCUT2D eigenvalue weighted by atomic mass is 79.9. The molecule has 2 aromatic heterocycles. The molecule has 2 heterocycles. The van der Waals surface area contributed by atoms with Crippen LogP contribution in [0.4, 0.5) is 5.13 Å². The van der Waals surface area contributed by atoms with E-state index in [1.807, 2.05) is 0 Å². The van der Waals surface area contributed by atoms with Crippen LogP contribution in [0.1, 0.15) is 29.5 Å². The van der Waals surface area contributed by atoms with Crippen molar-refractivity contribution in [3.8, 4) is 0 Å². The van der Waals surface area contributed by atoms with Crippen LogP contribution in [0.25, 0.3) is 0 Å². The molecule has 0 aromatic carbocycles. The van der Waals surface area contributed by atoms with Gasteiger partial charge in [0.05, 0.1) is 9.48 Å². The van der Waals surface area contributed by atoms with Gasteiger partial charge in [-0.25, -0.2) is 4.98 Å². The van der Waals surface area contributed by atoms with Crippen LogP contribution >= 0.6 is 38.6 Å². The van der Waals surface area contributed by atoms with Crippen molar-refractivity contribution in [2.24, 2.45) is 0 Å². The molecule has 0 amide bonds. The topological polar surface area (TPSA) is 38.9 Å². The van der Waals surface area contributed by atoms with Gasteiger partial charge in [-0.2, -0.15) is 0 Å². The molecule has 0 saturated heterocycles. The maximum atomic E-state index is 5.63. The van der Waals surface area contributed by atoms with Crippen molar-refractivity contribution < 1.29 is 0 Å². The zero-order chi connectivity index (χ0) is 10.4. The molecule has 2 nitrogen and oxygen atoms in total. The Balaban J connectivity index is 1.79. The van der Waals surface area contributed by atoms with E-state index in [-0.39, 0.29) is 0 Å². The summed E-state index contributed by atoms with van der Waals surface area (Å²) in [5, 5.41) is 4.99. The molecule has 1 fully saturated rings. The Labute approximate surface area is 104 Å². The fraction of sp³-hybridized carbons (Fsp3) is 0.300. The van der Waals surface area contributed by atoms with Gasteiger partial charge in [0.1, 0.15) is 0 Å². The number of anilines is 1.